The highest BCUT2D eigenvalue weighted by Crippen LogP contribution is 2.35. The van der Waals surface area contributed by atoms with E-state index in [9.17, 15) is 4.79 Å². The second-order valence-corrected chi connectivity index (χ2v) is 6.42. The van der Waals surface area contributed by atoms with E-state index in [-0.39, 0.29) is 5.97 Å². The van der Waals surface area contributed by atoms with Gasteiger partial charge < -0.3 is 14.0 Å². The molecule has 0 aliphatic carbocycles. The van der Waals surface area contributed by atoms with Crippen LogP contribution >= 0.6 is 15.9 Å². The summed E-state index contributed by atoms with van der Waals surface area (Å²) in [6.07, 6.45) is 0. The van der Waals surface area contributed by atoms with Gasteiger partial charge in [-0.25, -0.2) is 4.79 Å². The maximum atomic E-state index is 12.6. The Kier molecular flexibility index (Phi) is 6.29. The third-order valence-electron chi connectivity index (χ3n) is 4.34. The minimum absolute atomic E-state index is 0.283. The van der Waals surface area contributed by atoms with E-state index in [0.29, 0.717) is 24.5 Å². The average molecular weight is 397 g/mol. The molecule has 0 saturated carbocycles. The molecule has 0 aliphatic rings. The lowest BCUT2D eigenvalue weighted by Gasteiger charge is -2.19. The highest BCUT2D eigenvalue weighted by atomic mass is 79.9. The van der Waals surface area contributed by atoms with Gasteiger partial charge in [-0.1, -0.05) is 13.8 Å². The van der Waals surface area contributed by atoms with Crippen LogP contribution in [0.5, 0.6) is 5.75 Å². The molecule has 0 radical (unpaired) electrons. The van der Waals surface area contributed by atoms with Crippen molar-refractivity contribution in [3.05, 3.63) is 27.9 Å². The number of aryl methyl sites for hydroxylation is 1. The molecule has 0 unspecified atom stereocenters. The molecular formula is C18H25BrN2O3. The molecule has 0 aliphatic heterocycles. The zero-order valence-corrected chi connectivity index (χ0v) is 16.6. The molecule has 0 amide bonds. The van der Waals surface area contributed by atoms with Crippen molar-refractivity contribution in [3.63, 3.8) is 0 Å². The Labute approximate surface area is 151 Å². The van der Waals surface area contributed by atoms with E-state index in [2.05, 4.69) is 39.2 Å². The number of nitrogens with zero attached hydrogens (tertiary/aromatic N) is 2. The molecule has 132 valence electrons. The number of aromatic nitrogens is 1. The van der Waals surface area contributed by atoms with Gasteiger partial charge in [-0.15, -0.1) is 0 Å². The number of esters is 1. The van der Waals surface area contributed by atoms with E-state index < -0.39 is 0 Å². The minimum atomic E-state index is -0.283. The molecule has 2 rings (SSSR count). The predicted molar refractivity (Wildman–Crippen MR) is 99.8 cm³/mol. The molecule has 5 nitrogen and oxygen atoms in total. The summed E-state index contributed by atoms with van der Waals surface area (Å²) in [5.41, 5.74) is 2.58. The van der Waals surface area contributed by atoms with Gasteiger partial charge in [0.15, 0.2) is 0 Å². The molecule has 0 N–H and O–H groups in total. The third kappa shape index (κ3) is 3.44. The Hall–Kier alpha value is -1.53. The van der Waals surface area contributed by atoms with Crippen molar-refractivity contribution in [1.29, 1.82) is 0 Å². The van der Waals surface area contributed by atoms with Gasteiger partial charge in [0, 0.05) is 24.7 Å². The minimum Gasteiger partial charge on any atom is -0.496 e. The van der Waals surface area contributed by atoms with E-state index >= 15 is 0 Å². The standard InChI is InChI=1S/C18H25BrN2O3/c1-6-21(7-2)11-15-17(18(22)24-8-3)12-9-16(23-5)13(19)10-14(12)20(15)4/h9-10H,6-8,11H2,1-5H3. The number of hydrogen-bond acceptors (Lipinski definition) is 4. The number of halogens is 1. The first kappa shape index (κ1) is 18.8. The first-order valence-corrected chi connectivity index (χ1v) is 9.01. The second kappa shape index (κ2) is 8.03. The van der Waals surface area contributed by atoms with Gasteiger partial charge >= 0.3 is 5.97 Å². The largest absolute Gasteiger partial charge is 0.496 e. The Morgan fingerprint density at radius 3 is 2.46 bits per heavy atom. The van der Waals surface area contributed by atoms with Crippen molar-refractivity contribution in [2.24, 2.45) is 7.05 Å². The van der Waals surface area contributed by atoms with Crippen molar-refractivity contribution < 1.29 is 14.3 Å². The van der Waals surface area contributed by atoms with Crippen molar-refractivity contribution in [2.45, 2.75) is 27.3 Å². The van der Waals surface area contributed by atoms with E-state index in [4.69, 9.17) is 9.47 Å². The van der Waals surface area contributed by atoms with Gasteiger partial charge in [-0.3, -0.25) is 4.90 Å². The van der Waals surface area contributed by atoms with Gasteiger partial charge in [0.25, 0.3) is 0 Å². The van der Waals surface area contributed by atoms with Crippen LogP contribution in [0.15, 0.2) is 16.6 Å². The van der Waals surface area contributed by atoms with Gasteiger partial charge in [-0.05, 0) is 48.1 Å². The first-order chi connectivity index (χ1) is 11.5. The summed E-state index contributed by atoms with van der Waals surface area (Å²) in [6, 6.07) is 3.89. The molecule has 24 heavy (non-hydrogen) atoms. The lowest BCUT2D eigenvalue weighted by molar-refractivity contribution is 0.0526. The summed E-state index contributed by atoms with van der Waals surface area (Å²) >= 11 is 3.53. The van der Waals surface area contributed by atoms with Crippen LogP contribution in [0.3, 0.4) is 0 Å². The Balaban J connectivity index is 2.71. The van der Waals surface area contributed by atoms with Crippen LogP contribution in [0.1, 0.15) is 36.8 Å². The molecule has 0 atom stereocenters. The van der Waals surface area contributed by atoms with E-state index in [1.807, 2.05) is 26.1 Å². The summed E-state index contributed by atoms with van der Waals surface area (Å²) in [5, 5.41) is 0.859. The summed E-state index contributed by atoms with van der Waals surface area (Å²) < 4.78 is 13.7. The maximum Gasteiger partial charge on any atom is 0.340 e. The summed E-state index contributed by atoms with van der Waals surface area (Å²) in [4.78, 5) is 14.9. The average Bonchev–Trinajstić information content (AvgIpc) is 2.83. The quantitative estimate of drug-likeness (QED) is 0.664. The van der Waals surface area contributed by atoms with Crippen molar-refractivity contribution in [2.75, 3.05) is 26.8 Å². The Bertz CT molecular complexity index is 736. The molecule has 6 heteroatoms. The van der Waals surface area contributed by atoms with Crippen LogP contribution in [0.25, 0.3) is 10.9 Å². The maximum absolute atomic E-state index is 12.6. The molecular weight excluding hydrogens is 372 g/mol. The third-order valence-corrected chi connectivity index (χ3v) is 4.96. The Morgan fingerprint density at radius 1 is 1.25 bits per heavy atom. The number of carbonyl (C=O) groups is 1. The van der Waals surface area contributed by atoms with Crippen molar-refractivity contribution >= 4 is 32.8 Å². The van der Waals surface area contributed by atoms with Crippen LogP contribution in [0, 0.1) is 0 Å². The van der Waals surface area contributed by atoms with E-state index in [1.165, 1.54) is 0 Å². The summed E-state index contributed by atoms with van der Waals surface area (Å²) in [5.74, 6) is 0.419. The molecule has 0 spiro atoms. The zero-order valence-electron chi connectivity index (χ0n) is 15.0. The van der Waals surface area contributed by atoms with Gasteiger partial charge in [0.2, 0.25) is 0 Å². The number of ether oxygens (including phenoxy) is 2. The number of carbonyl (C=O) groups excluding carboxylic acids is 1. The number of methoxy groups -OCH3 is 1. The fourth-order valence-electron chi connectivity index (χ4n) is 2.92. The molecule has 1 aromatic heterocycles. The number of benzene rings is 1. The normalized spacial score (nSPS) is 11.3. The summed E-state index contributed by atoms with van der Waals surface area (Å²) in [6.45, 7) is 8.97. The number of hydrogen-bond donors (Lipinski definition) is 0. The molecule has 1 heterocycles. The summed E-state index contributed by atoms with van der Waals surface area (Å²) in [7, 11) is 3.61. The molecule has 2 aromatic rings. The number of fused-ring (bicyclic) bond motifs is 1. The fraction of sp³-hybridized carbons (Fsp3) is 0.500. The smallest absolute Gasteiger partial charge is 0.340 e. The SMILES string of the molecule is CCOC(=O)c1c(CN(CC)CC)n(C)c2cc(Br)c(OC)cc12. The van der Waals surface area contributed by atoms with Crippen LogP contribution in [-0.2, 0) is 18.3 Å². The highest BCUT2D eigenvalue weighted by Gasteiger charge is 2.24. The topological polar surface area (TPSA) is 43.7 Å². The highest BCUT2D eigenvalue weighted by molar-refractivity contribution is 9.10. The molecule has 1 aromatic carbocycles. The molecule has 0 fully saturated rings. The van der Waals surface area contributed by atoms with E-state index in [1.54, 1.807) is 7.11 Å². The fourth-order valence-corrected chi connectivity index (χ4v) is 3.41. The first-order valence-electron chi connectivity index (χ1n) is 8.22. The van der Waals surface area contributed by atoms with E-state index in [0.717, 1.165) is 34.2 Å². The van der Waals surface area contributed by atoms with Gasteiger partial charge in [0.1, 0.15) is 5.75 Å². The number of rotatable bonds is 7. The molecule has 0 bridgehead atoms. The predicted octanol–water partition coefficient (Wildman–Crippen LogP) is 3.97. The second-order valence-electron chi connectivity index (χ2n) is 5.57. The molecule has 0 saturated heterocycles. The zero-order chi connectivity index (χ0) is 17.9. The monoisotopic (exact) mass is 396 g/mol. The Morgan fingerprint density at radius 2 is 1.92 bits per heavy atom. The van der Waals surface area contributed by atoms with Crippen LogP contribution < -0.4 is 4.74 Å². The van der Waals surface area contributed by atoms with Crippen molar-refractivity contribution in [1.82, 2.24) is 9.47 Å². The van der Waals surface area contributed by atoms with Crippen LogP contribution in [0.2, 0.25) is 0 Å². The van der Waals surface area contributed by atoms with Gasteiger partial charge in [0.05, 0.1) is 29.3 Å². The lowest BCUT2D eigenvalue weighted by Crippen LogP contribution is -2.25. The van der Waals surface area contributed by atoms with Crippen molar-refractivity contribution in [3.8, 4) is 5.75 Å². The van der Waals surface area contributed by atoms with Crippen LogP contribution in [-0.4, -0.2) is 42.2 Å². The lowest BCUT2D eigenvalue weighted by atomic mass is 10.1. The van der Waals surface area contributed by atoms with Gasteiger partial charge in [-0.2, -0.15) is 0 Å². The van der Waals surface area contributed by atoms with Crippen LogP contribution in [0.4, 0.5) is 0 Å².